The first-order valence-corrected chi connectivity index (χ1v) is 6.28. The van der Waals surface area contributed by atoms with Gasteiger partial charge in [-0.05, 0) is 37.9 Å². The number of hydrogen-bond acceptors (Lipinski definition) is 4. The van der Waals surface area contributed by atoms with Crippen LogP contribution in [0.1, 0.15) is 43.3 Å². The van der Waals surface area contributed by atoms with E-state index in [1.54, 1.807) is 7.11 Å². The molecule has 1 N–H and O–H groups in total. The molecule has 1 aromatic rings. The molecule has 4 heteroatoms. The third-order valence-electron chi connectivity index (χ3n) is 2.71. The number of rotatable bonds is 7. The number of hydrogen-bond donors (Lipinski definition) is 1. The van der Waals surface area contributed by atoms with E-state index in [-0.39, 0.29) is 6.04 Å². The molecule has 0 spiro atoms. The molecule has 0 amide bonds. The molecular formula is C13H23N3O. The number of nitrogens with one attached hydrogen (secondary N) is 1. The van der Waals surface area contributed by atoms with E-state index in [9.17, 15) is 0 Å². The van der Waals surface area contributed by atoms with Crippen molar-refractivity contribution in [1.82, 2.24) is 15.5 Å². The summed E-state index contributed by atoms with van der Waals surface area (Å²) in [5.41, 5.74) is 3.23. The molecule has 0 aromatic carbocycles. The van der Waals surface area contributed by atoms with Gasteiger partial charge in [-0.25, -0.2) is 0 Å². The van der Waals surface area contributed by atoms with Crippen molar-refractivity contribution in [3.63, 3.8) is 0 Å². The van der Waals surface area contributed by atoms with Gasteiger partial charge in [0.25, 0.3) is 0 Å². The van der Waals surface area contributed by atoms with Gasteiger partial charge in [0.2, 0.25) is 0 Å². The highest BCUT2D eigenvalue weighted by molar-refractivity contribution is 5.25. The molecule has 17 heavy (non-hydrogen) atoms. The second-order valence-corrected chi connectivity index (χ2v) is 4.20. The van der Waals surface area contributed by atoms with Gasteiger partial charge in [-0.3, -0.25) is 0 Å². The molecule has 0 radical (unpaired) electrons. The summed E-state index contributed by atoms with van der Waals surface area (Å²) in [7, 11) is 1.73. The zero-order valence-corrected chi connectivity index (χ0v) is 11.3. The lowest BCUT2D eigenvalue weighted by Gasteiger charge is -2.20. The van der Waals surface area contributed by atoms with E-state index in [1.165, 1.54) is 5.56 Å². The van der Waals surface area contributed by atoms with Gasteiger partial charge in [0.15, 0.2) is 0 Å². The zero-order valence-electron chi connectivity index (χ0n) is 11.3. The van der Waals surface area contributed by atoms with Crippen LogP contribution in [0.25, 0.3) is 0 Å². The summed E-state index contributed by atoms with van der Waals surface area (Å²) in [6, 6.07) is 2.32. The van der Waals surface area contributed by atoms with E-state index in [0.29, 0.717) is 6.61 Å². The number of nitrogens with zero attached hydrogens (tertiary/aromatic N) is 2. The molecule has 1 rings (SSSR count). The van der Waals surface area contributed by atoms with E-state index in [0.717, 1.165) is 30.8 Å². The lowest BCUT2D eigenvalue weighted by atomic mass is 10.0. The Morgan fingerprint density at radius 2 is 2.12 bits per heavy atom. The van der Waals surface area contributed by atoms with Crippen LogP contribution in [0, 0.1) is 6.92 Å². The van der Waals surface area contributed by atoms with Crippen molar-refractivity contribution >= 4 is 0 Å². The normalized spacial score (nSPS) is 12.7. The quantitative estimate of drug-likeness (QED) is 0.788. The number of aryl methyl sites for hydroxylation is 2. The van der Waals surface area contributed by atoms with Crippen molar-refractivity contribution in [2.24, 2.45) is 0 Å². The van der Waals surface area contributed by atoms with E-state index in [4.69, 9.17) is 4.74 Å². The molecule has 0 aliphatic rings. The number of aromatic nitrogens is 2. The minimum atomic E-state index is 0.212. The van der Waals surface area contributed by atoms with Crippen LogP contribution in [0.3, 0.4) is 0 Å². The fraction of sp³-hybridized carbons (Fsp3) is 0.692. The zero-order chi connectivity index (χ0) is 12.7. The topological polar surface area (TPSA) is 47.0 Å². The first-order valence-electron chi connectivity index (χ1n) is 6.28. The van der Waals surface area contributed by atoms with Gasteiger partial charge >= 0.3 is 0 Å². The van der Waals surface area contributed by atoms with Crippen LogP contribution < -0.4 is 5.32 Å². The fourth-order valence-corrected chi connectivity index (χ4v) is 1.85. The van der Waals surface area contributed by atoms with Crippen LogP contribution in [-0.2, 0) is 11.2 Å². The van der Waals surface area contributed by atoms with Gasteiger partial charge in [0.05, 0.1) is 24.0 Å². The molecule has 1 heterocycles. The first-order chi connectivity index (χ1) is 8.22. The summed E-state index contributed by atoms with van der Waals surface area (Å²) in [4.78, 5) is 0. The summed E-state index contributed by atoms with van der Waals surface area (Å²) < 4.78 is 5.28. The Morgan fingerprint density at radius 1 is 1.35 bits per heavy atom. The highest BCUT2D eigenvalue weighted by Gasteiger charge is 2.15. The fourth-order valence-electron chi connectivity index (χ4n) is 1.85. The van der Waals surface area contributed by atoms with Gasteiger partial charge in [0, 0.05) is 7.11 Å². The second-order valence-electron chi connectivity index (χ2n) is 4.20. The van der Waals surface area contributed by atoms with Crippen LogP contribution in [0.4, 0.5) is 0 Å². The molecule has 4 nitrogen and oxygen atoms in total. The second kappa shape index (κ2) is 7.35. The van der Waals surface area contributed by atoms with Gasteiger partial charge in [-0.1, -0.05) is 13.8 Å². The molecule has 1 atom stereocenters. The monoisotopic (exact) mass is 237 g/mol. The summed E-state index contributed by atoms with van der Waals surface area (Å²) in [5, 5.41) is 11.9. The SMILES string of the molecule is CCCNC(COC)c1cc(C)nnc1CC. The molecule has 0 aliphatic carbocycles. The van der Waals surface area contributed by atoms with E-state index < -0.39 is 0 Å². The van der Waals surface area contributed by atoms with Gasteiger partial charge in [-0.15, -0.1) is 0 Å². The molecule has 0 fully saturated rings. The Balaban J connectivity index is 2.93. The summed E-state index contributed by atoms with van der Waals surface area (Å²) in [6.45, 7) is 7.89. The maximum absolute atomic E-state index is 5.28. The van der Waals surface area contributed by atoms with Crippen LogP contribution in [0.2, 0.25) is 0 Å². The van der Waals surface area contributed by atoms with Crippen molar-refractivity contribution in [2.45, 2.75) is 39.7 Å². The lowest BCUT2D eigenvalue weighted by molar-refractivity contribution is 0.166. The molecular weight excluding hydrogens is 214 g/mol. The molecule has 0 bridgehead atoms. The van der Waals surface area contributed by atoms with Crippen molar-refractivity contribution in [3.05, 3.63) is 23.0 Å². The van der Waals surface area contributed by atoms with Gasteiger partial charge in [-0.2, -0.15) is 10.2 Å². The van der Waals surface area contributed by atoms with Crippen LogP contribution in [-0.4, -0.2) is 30.5 Å². The van der Waals surface area contributed by atoms with Crippen molar-refractivity contribution in [2.75, 3.05) is 20.3 Å². The minimum Gasteiger partial charge on any atom is -0.383 e. The summed E-state index contributed by atoms with van der Waals surface area (Å²) in [5.74, 6) is 0. The molecule has 0 saturated heterocycles. The van der Waals surface area contributed by atoms with Crippen LogP contribution >= 0.6 is 0 Å². The van der Waals surface area contributed by atoms with Crippen molar-refractivity contribution in [3.8, 4) is 0 Å². The maximum Gasteiger partial charge on any atom is 0.0677 e. The Hall–Kier alpha value is -1.00. The van der Waals surface area contributed by atoms with Crippen LogP contribution in [0.15, 0.2) is 6.07 Å². The molecule has 0 saturated carbocycles. The summed E-state index contributed by atoms with van der Waals surface area (Å²) in [6.07, 6.45) is 2.01. The van der Waals surface area contributed by atoms with E-state index in [2.05, 4.69) is 35.4 Å². The maximum atomic E-state index is 5.28. The third-order valence-corrected chi connectivity index (χ3v) is 2.71. The van der Waals surface area contributed by atoms with Crippen molar-refractivity contribution in [1.29, 1.82) is 0 Å². The largest absolute Gasteiger partial charge is 0.383 e. The minimum absolute atomic E-state index is 0.212. The first kappa shape index (κ1) is 14.1. The Bertz CT molecular complexity index is 341. The van der Waals surface area contributed by atoms with Gasteiger partial charge in [0.1, 0.15) is 0 Å². The van der Waals surface area contributed by atoms with E-state index in [1.807, 2.05) is 6.92 Å². The predicted octanol–water partition coefficient (Wildman–Crippen LogP) is 2.03. The lowest BCUT2D eigenvalue weighted by Crippen LogP contribution is -2.27. The summed E-state index contributed by atoms with van der Waals surface area (Å²) >= 11 is 0. The number of ether oxygens (including phenoxy) is 1. The smallest absolute Gasteiger partial charge is 0.0677 e. The average Bonchev–Trinajstić information content (AvgIpc) is 2.34. The average molecular weight is 237 g/mol. The Labute approximate surface area is 104 Å². The Morgan fingerprint density at radius 3 is 2.71 bits per heavy atom. The standard InChI is InChI=1S/C13H23N3O/c1-5-7-14-13(9-17-4)11-8-10(3)15-16-12(11)6-2/h8,13-14H,5-7,9H2,1-4H3. The predicted molar refractivity (Wildman–Crippen MR) is 69.1 cm³/mol. The van der Waals surface area contributed by atoms with E-state index >= 15 is 0 Å². The van der Waals surface area contributed by atoms with Crippen LogP contribution in [0.5, 0.6) is 0 Å². The number of methoxy groups -OCH3 is 1. The van der Waals surface area contributed by atoms with Crippen molar-refractivity contribution < 1.29 is 4.74 Å². The molecule has 96 valence electrons. The van der Waals surface area contributed by atoms with Gasteiger partial charge < -0.3 is 10.1 Å². The highest BCUT2D eigenvalue weighted by atomic mass is 16.5. The Kier molecular flexibility index (Phi) is 6.08. The molecule has 1 unspecified atom stereocenters. The molecule has 0 aliphatic heterocycles. The highest BCUT2D eigenvalue weighted by Crippen LogP contribution is 2.18. The molecule has 1 aromatic heterocycles. The third kappa shape index (κ3) is 4.06.